The summed E-state index contributed by atoms with van der Waals surface area (Å²) in [5, 5.41) is 14.0. The summed E-state index contributed by atoms with van der Waals surface area (Å²) < 4.78 is 0. The molecule has 6 heteroatoms. The SMILES string of the molecule is CCNc1cc([N+](=O)[O-])cc(N(CC)C2CC2)n1. The Morgan fingerprint density at radius 3 is 2.72 bits per heavy atom. The molecule has 0 aliphatic heterocycles. The van der Waals surface area contributed by atoms with Gasteiger partial charge in [-0.2, -0.15) is 0 Å². The molecule has 0 bridgehead atoms. The van der Waals surface area contributed by atoms with Crippen molar-refractivity contribution in [2.45, 2.75) is 32.7 Å². The maximum atomic E-state index is 10.9. The van der Waals surface area contributed by atoms with Crippen LogP contribution in [0.1, 0.15) is 26.7 Å². The Balaban J connectivity index is 2.34. The second-order valence-corrected chi connectivity index (χ2v) is 4.37. The van der Waals surface area contributed by atoms with Crippen LogP contribution in [-0.2, 0) is 0 Å². The van der Waals surface area contributed by atoms with Crippen molar-refractivity contribution in [2.24, 2.45) is 0 Å². The van der Waals surface area contributed by atoms with Crippen LogP contribution in [0.4, 0.5) is 17.3 Å². The maximum Gasteiger partial charge on any atom is 0.276 e. The molecule has 1 aliphatic carbocycles. The molecule has 0 radical (unpaired) electrons. The van der Waals surface area contributed by atoms with Gasteiger partial charge in [0, 0.05) is 19.1 Å². The second-order valence-electron chi connectivity index (χ2n) is 4.37. The van der Waals surface area contributed by atoms with Crippen LogP contribution in [-0.4, -0.2) is 29.0 Å². The van der Waals surface area contributed by atoms with E-state index in [1.54, 1.807) is 6.07 Å². The van der Waals surface area contributed by atoms with Crippen molar-refractivity contribution in [2.75, 3.05) is 23.3 Å². The van der Waals surface area contributed by atoms with Crippen LogP contribution in [0.25, 0.3) is 0 Å². The molecule has 6 nitrogen and oxygen atoms in total. The second kappa shape index (κ2) is 5.20. The van der Waals surface area contributed by atoms with Gasteiger partial charge in [-0.05, 0) is 26.7 Å². The molecular formula is C12H18N4O2. The van der Waals surface area contributed by atoms with Gasteiger partial charge in [-0.1, -0.05) is 0 Å². The number of nitrogens with one attached hydrogen (secondary N) is 1. The van der Waals surface area contributed by atoms with Crippen molar-refractivity contribution in [3.05, 3.63) is 22.2 Å². The summed E-state index contributed by atoms with van der Waals surface area (Å²) in [6, 6.07) is 3.54. The van der Waals surface area contributed by atoms with Crippen LogP contribution in [0.3, 0.4) is 0 Å². The molecule has 98 valence electrons. The lowest BCUT2D eigenvalue weighted by Gasteiger charge is -2.21. The number of rotatable bonds is 6. The predicted molar refractivity (Wildman–Crippen MR) is 71.1 cm³/mol. The highest BCUT2D eigenvalue weighted by Crippen LogP contribution is 2.32. The Hall–Kier alpha value is -1.85. The lowest BCUT2D eigenvalue weighted by atomic mass is 10.3. The predicted octanol–water partition coefficient (Wildman–Crippen LogP) is 2.41. The fraction of sp³-hybridized carbons (Fsp3) is 0.583. The summed E-state index contributed by atoms with van der Waals surface area (Å²) >= 11 is 0. The third-order valence-corrected chi connectivity index (χ3v) is 2.99. The standard InChI is InChI=1S/C12H18N4O2/c1-3-13-11-7-10(16(17)18)8-12(14-11)15(4-2)9-5-6-9/h7-9H,3-6H2,1-2H3,(H,13,14). The summed E-state index contributed by atoms with van der Waals surface area (Å²) in [4.78, 5) is 17.2. The van der Waals surface area contributed by atoms with E-state index in [-0.39, 0.29) is 10.6 Å². The van der Waals surface area contributed by atoms with Crippen molar-refractivity contribution < 1.29 is 4.92 Å². The summed E-state index contributed by atoms with van der Waals surface area (Å²) in [6.45, 7) is 5.51. The van der Waals surface area contributed by atoms with Crippen molar-refractivity contribution >= 4 is 17.3 Å². The third-order valence-electron chi connectivity index (χ3n) is 2.99. The first-order valence-corrected chi connectivity index (χ1v) is 6.32. The van der Waals surface area contributed by atoms with E-state index < -0.39 is 0 Å². The van der Waals surface area contributed by atoms with E-state index in [9.17, 15) is 10.1 Å². The van der Waals surface area contributed by atoms with Gasteiger partial charge in [0.15, 0.2) is 0 Å². The molecule has 0 atom stereocenters. The number of nitrogens with zero attached hydrogens (tertiary/aromatic N) is 3. The lowest BCUT2D eigenvalue weighted by molar-refractivity contribution is -0.384. The van der Waals surface area contributed by atoms with E-state index >= 15 is 0 Å². The lowest BCUT2D eigenvalue weighted by Crippen LogP contribution is -2.26. The van der Waals surface area contributed by atoms with E-state index in [1.165, 1.54) is 6.07 Å². The highest BCUT2D eigenvalue weighted by Gasteiger charge is 2.30. The molecule has 1 saturated carbocycles. The minimum atomic E-state index is -0.368. The molecule has 0 unspecified atom stereocenters. The minimum absolute atomic E-state index is 0.0926. The molecule has 0 spiro atoms. The van der Waals surface area contributed by atoms with Gasteiger partial charge < -0.3 is 10.2 Å². The number of nitro groups is 1. The van der Waals surface area contributed by atoms with E-state index in [0.717, 1.165) is 19.4 Å². The molecule has 1 N–H and O–H groups in total. The van der Waals surface area contributed by atoms with Gasteiger partial charge >= 0.3 is 0 Å². The number of aromatic nitrogens is 1. The zero-order chi connectivity index (χ0) is 13.1. The molecule has 0 aromatic carbocycles. The maximum absolute atomic E-state index is 10.9. The van der Waals surface area contributed by atoms with Crippen LogP contribution in [0, 0.1) is 10.1 Å². The highest BCUT2D eigenvalue weighted by molar-refractivity contribution is 5.56. The van der Waals surface area contributed by atoms with Crippen LogP contribution >= 0.6 is 0 Å². The molecule has 18 heavy (non-hydrogen) atoms. The monoisotopic (exact) mass is 250 g/mol. The summed E-state index contributed by atoms with van der Waals surface area (Å²) in [6.07, 6.45) is 2.30. The molecular weight excluding hydrogens is 232 g/mol. The van der Waals surface area contributed by atoms with E-state index in [1.807, 2.05) is 13.8 Å². The first-order valence-electron chi connectivity index (χ1n) is 6.32. The fourth-order valence-electron chi connectivity index (χ4n) is 2.02. The number of hydrogen-bond acceptors (Lipinski definition) is 5. The zero-order valence-electron chi connectivity index (χ0n) is 10.7. The van der Waals surface area contributed by atoms with Crippen LogP contribution in [0.5, 0.6) is 0 Å². The van der Waals surface area contributed by atoms with Gasteiger partial charge in [0.25, 0.3) is 5.69 Å². The van der Waals surface area contributed by atoms with E-state index in [0.29, 0.717) is 24.2 Å². The van der Waals surface area contributed by atoms with Gasteiger partial charge in [0.1, 0.15) is 11.6 Å². The molecule has 2 rings (SSSR count). The average Bonchev–Trinajstić information content (AvgIpc) is 3.14. The number of pyridine rings is 1. The first-order chi connectivity index (χ1) is 8.65. The Labute approximate surface area is 106 Å². The molecule has 1 aromatic rings. The van der Waals surface area contributed by atoms with Gasteiger partial charge in [-0.25, -0.2) is 4.98 Å². The van der Waals surface area contributed by atoms with Crippen molar-refractivity contribution in [1.29, 1.82) is 0 Å². The summed E-state index contributed by atoms with van der Waals surface area (Å²) in [7, 11) is 0. The highest BCUT2D eigenvalue weighted by atomic mass is 16.6. The minimum Gasteiger partial charge on any atom is -0.370 e. The Morgan fingerprint density at radius 1 is 1.50 bits per heavy atom. The first kappa shape index (κ1) is 12.6. The van der Waals surface area contributed by atoms with Gasteiger partial charge in [-0.15, -0.1) is 0 Å². The summed E-state index contributed by atoms with van der Waals surface area (Å²) in [5.74, 6) is 1.27. The molecule has 1 aliphatic rings. The third kappa shape index (κ3) is 2.69. The van der Waals surface area contributed by atoms with Gasteiger partial charge in [0.05, 0.1) is 17.1 Å². The van der Waals surface area contributed by atoms with Crippen LogP contribution in [0.2, 0.25) is 0 Å². The van der Waals surface area contributed by atoms with Crippen LogP contribution < -0.4 is 10.2 Å². The Kier molecular flexibility index (Phi) is 3.64. The fourth-order valence-corrected chi connectivity index (χ4v) is 2.02. The molecule has 1 fully saturated rings. The quantitative estimate of drug-likeness (QED) is 0.620. The van der Waals surface area contributed by atoms with E-state index in [2.05, 4.69) is 15.2 Å². The largest absolute Gasteiger partial charge is 0.370 e. The molecule has 1 heterocycles. The van der Waals surface area contributed by atoms with Gasteiger partial charge in [0.2, 0.25) is 0 Å². The average molecular weight is 250 g/mol. The zero-order valence-corrected chi connectivity index (χ0v) is 10.7. The molecule has 1 aromatic heterocycles. The Bertz CT molecular complexity index is 446. The van der Waals surface area contributed by atoms with Crippen molar-refractivity contribution in [3.63, 3.8) is 0 Å². The molecule has 0 amide bonds. The van der Waals surface area contributed by atoms with E-state index in [4.69, 9.17) is 0 Å². The molecule has 0 saturated heterocycles. The summed E-state index contributed by atoms with van der Waals surface area (Å²) in [5.41, 5.74) is 0.0926. The Morgan fingerprint density at radius 2 is 2.22 bits per heavy atom. The normalized spacial score (nSPS) is 14.3. The smallest absolute Gasteiger partial charge is 0.276 e. The topological polar surface area (TPSA) is 71.3 Å². The van der Waals surface area contributed by atoms with Crippen LogP contribution in [0.15, 0.2) is 12.1 Å². The number of hydrogen-bond donors (Lipinski definition) is 1. The van der Waals surface area contributed by atoms with Crippen molar-refractivity contribution in [1.82, 2.24) is 4.98 Å². The van der Waals surface area contributed by atoms with Crippen molar-refractivity contribution in [3.8, 4) is 0 Å². The van der Waals surface area contributed by atoms with Gasteiger partial charge in [-0.3, -0.25) is 10.1 Å². The number of anilines is 2.